The van der Waals surface area contributed by atoms with Gasteiger partial charge in [-0.25, -0.2) is 0 Å². The van der Waals surface area contributed by atoms with Crippen LogP contribution < -0.4 is 5.56 Å². The summed E-state index contributed by atoms with van der Waals surface area (Å²) in [5, 5.41) is 9.94. The molecule has 0 spiro atoms. The highest BCUT2D eigenvalue weighted by atomic mass is 32.2. The summed E-state index contributed by atoms with van der Waals surface area (Å²) in [4.78, 5) is 30.0. The third kappa shape index (κ3) is 4.50. The van der Waals surface area contributed by atoms with Crippen molar-refractivity contribution in [2.45, 2.75) is 50.7 Å². The van der Waals surface area contributed by atoms with E-state index in [0.717, 1.165) is 44.8 Å². The maximum atomic E-state index is 12.2. The molecule has 0 unspecified atom stereocenters. The minimum atomic E-state index is -0.286. The van der Waals surface area contributed by atoms with Crippen LogP contribution in [0.1, 0.15) is 39.0 Å². The van der Waals surface area contributed by atoms with Gasteiger partial charge in [-0.3, -0.25) is 14.2 Å². The molecule has 1 aromatic heterocycles. The molecule has 2 heterocycles. The molecular formula is C15H23N3O3S. The van der Waals surface area contributed by atoms with Gasteiger partial charge in [0, 0.05) is 19.6 Å². The Kier molecular flexibility index (Phi) is 6.30. The van der Waals surface area contributed by atoms with Crippen molar-refractivity contribution in [3.8, 4) is 5.88 Å². The molecule has 0 bridgehead atoms. The fourth-order valence-electron chi connectivity index (χ4n) is 2.47. The number of likely N-dealkylation sites (tertiary alicyclic amines) is 1. The fourth-order valence-corrected chi connectivity index (χ4v) is 3.40. The highest BCUT2D eigenvalue weighted by Crippen LogP contribution is 2.19. The Hall–Kier alpha value is -1.50. The molecule has 1 aromatic rings. The summed E-state index contributed by atoms with van der Waals surface area (Å²) >= 11 is 1.23. The van der Waals surface area contributed by atoms with E-state index in [4.69, 9.17) is 0 Å². The number of carbonyl (C=O) groups is 1. The van der Waals surface area contributed by atoms with Crippen molar-refractivity contribution in [1.82, 2.24) is 14.5 Å². The molecule has 0 aliphatic carbocycles. The maximum Gasteiger partial charge on any atom is 0.257 e. The Labute approximate surface area is 134 Å². The number of aromatic hydroxyl groups is 1. The molecule has 1 saturated heterocycles. The summed E-state index contributed by atoms with van der Waals surface area (Å²) in [5.74, 6) is 0.0390. The van der Waals surface area contributed by atoms with Gasteiger partial charge in [0.15, 0.2) is 5.16 Å². The molecule has 1 aliphatic rings. The molecule has 1 aliphatic heterocycles. The first-order valence-corrected chi connectivity index (χ1v) is 8.81. The van der Waals surface area contributed by atoms with Gasteiger partial charge in [-0.15, -0.1) is 0 Å². The lowest BCUT2D eigenvalue weighted by Gasteiger charge is -2.26. The SMILES string of the molecule is CCCCn1c(SCC(=O)N2CCCCC2)nc(O)cc1=O. The zero-order valence-electron chi connectivity index (χ0n) is 13.0. The zero-order valence-corrected chi connectivity index (χ0v) is 13.8. The van der Waals surface area contributed by atoms with Gasteiger partial charge >= 0.3 is 0 Å². The molecule has 0 atom stereocenters. The van der Waals surface area contributed by atoms with Crippen molar-refractivity contribution in [2.24, 2.45) is 0 Å². The lowest BCUT2D eigenvalue weighted by atomic mass is 10.1. The summed E-state index contributed by atoms with van der Waals surface area (Å²) in [6.07, 6.45) is 5.12. The first-order valence-electron chi connectivity index (χ1n) is 7.83. The largest absolute Gasteiger partial charge is 0.493 e. The van der Waals surface area contributed by atoms with E-state index in [2.05, 4.69) is 4.98 Å². The van der Waals surface area contributed by atoms with Gasteiger partial charge in [0.05, 0.1) is 11.8 Å². The first-order chi connectivity index (χ1) is 10.6. The number of thioether (sulfide) groups is 1. The molecule has 0 aromatic carbocycles. The van der Waals surface area contributed by atoms with E-state index in [1.54, 1.807) is 0 Å². The van der Waals surface area contributed by atoms with E-state index in [0.29, 0.717) is 11.7 Å². The van der Waals surface area contributed by atoms with Gasteiger partial charge in [0.25, 0.3) is 5.56 Å². The van der Waals surface area contributed by atoms with Crippen LogP contribution in [0.5, 0.6) is 5.88 Å². The van der Waals surface area contributed by atoms with E-state index in [-0.39, 0.29) is 23.1 Å². The van der Waals surface area contributed by atoms with Crippen molar-refractivity contribution < 1.29 is 9.90 Å². The number of amides is 1. The molecular weight excluding hydrogens is 302 g/mol. The molecule has 1 fully saturated rings. The second-order valence-electron chi connectivity index (χ2n) is 5.47. The monoisotopic (exact) mass is 325 g/mol. The smallest absolute Gasteiger partial charge is 0.257 e. The van der Waals surface area contributed by atoms with Gasteiger partial charge in [0.2, 0.25) is 11.8 Å². The van der Waals surface area contributed by atoms with Crippen molar-refractivity contribution in [3.05, 3.63) is 16.4 Å². The number of rotatable bonds is 6. The number of nitrogens with zero attached hydrogens (tertiary/aromatic N) is 3. The lowest BCUT2D eigenvalue weighted by molar-refractivity contribution is -0.129. The average molecular weight is 325 g/mol. The molecule has 7 heteroatoms. The summed E-state index contributed by atoms with van der Waals surface area (Å²) in [6, 6.07) is 1.12. The van der Waals surface area contributed by atoms with Gasteiger partial charge in [-0.1, -0.05) is 25.1 Å². The normalized spacial score (nSPS) is 15.0. The first kappa shape index (κ1) is 16.9. The highest BCUT2D eigenvalue weighted by molar-refractivity contribution is 7.99. The average Bonchev–Trinajstić information content (AvgIpc) is 2.52. The van der Waals surface area contributed by atoms with Gasteiger partial charge in [-0.2, -0.15) is 4.98 Å². The summed E-state index contributed by atoms with van der Waals surface area (Å²) in [5.41, 5.74) is -0.270. The summed E-state index contributed by atoms with van der Waals surface area (Å²) < 4.78 is 1.54. The second kappa shape index (κ2) is 8.22. The predicted octanol–water partition coefficient (Wildman–Crippen LogP) is 1.85. The van der Waals surface area contributed by atoms with Gasteiger partial charge in [0.1, 0.15) is 0 Å². The Balaban J connectivity index is 2.04. The molecule has 1 amide bonds. The number of carbonyl (C=O) groups excluding carboxylic acids is 1. The van der Waals surface area contributed by atoms with Crippen molar-refractivity contribution >= 4 is 17.7 Å². The van der Waals surface area contributed by atoms with Crippen LogP contribution in [0.3, 0.4) is 0 Å². The Morgan fingerprint density at radius 3 is 2.77 bits per heavy atom. The number of hydrogen-bond donors (Lipinski definition) is 1. The Morgan fingerprint density at radius 2 is 2.09 bits per heavy atom. The van der Waals surface area contributed by atoms with Crippen molar-refractivity contribution in [2.75, 3.05) is 18.8 Å². The lowest BCUT2D eigenvalue weighted by Crippen LogP contribution is -2.36. The molecule has 1 N–H and O–H groups in total. The molecule has 6 nitrogen and oxygen atoms in total. The minimum absolute atomic E-state index is 0.0735. The highest BCUT2D eigenvalue weighted by Gasteiger charge is 2.18. The number of hydrogen-bond acceptors (Lipinski definition) is 5. The van der Waals surface area contributed by atoms with E-state index < -0.39 is 0 Å². The molecule has 0 saturated carbocycles. The van der Waals surface area contributed by atoms with Crippen molar-refractivity contribution in [3.63, 3.8) is 0 Å². The minimum Gasteiger partial charge on any atom is -0.493 e. The maximum absolute atomic E-state index is 12.2. The quantitative estimate of drug-likeness (QED) is 0.638. The topological polar surface area (TPSA) is 75.4 Å². The van der Waals surface area contributed by atoms with E-state index >= 15 is 0 Å². The second-order valence-corrected chi connectivity index (χ2v) is 6.41. The summed E-state index contributed by atoms with van der Waals surface area (Å²) in [7, 11) is 0. The van der Waals surface area contributed by atoms with Gasteiger partial charge in [-0.05, 0) is 25.7 Å². The van der Waals surface area contributed by atoms with Crippen LogP contribution in [-0.2, 0) is 11.3 Å². The van der Waals surface area contributed by atoms with Crippen molar-refractivity contribution in [1.29, 1.82) is 0 Å². The standard InChI is InChI=1S/C15H23N3O3S/c1-2-3-9-18-13(20)10-12(19)16-15(18)22-11-14(21)17-7-5-4-6-8-17/h10,19H,2-9,11H2,1H3. The molecule has 22 heavy (non-hydrogen) atoms. The van der Waals surface area contributed by atoms with Crippen LogP contribution in [0, 0.1) is 0 Å². The number of aromatic nitrogens is 2. The van der Waals surface area contributed by atoms with E-state index in [1.807, 2.05) is 11.8 Å². The van der Waals surface area contributed by atoms with Crippen LogP contribution in [0.15, 0.2) is 16.0 Å². The summed E-state index contributed by atoms with van der Waals surface area (Å²) in [6.45, 7) is 4.24. The molecule has 122 valence electrons. The number of unbranched alkanes of at least 4 members (excludes halogenated alkanes) is 1. The molecule has 2 rings (SSSR count). The Morgan fingerprint density at radius 1 is 1.36 bits per heavy atom. The van der Waals surface area contributed by atoms with E-state index in [1.165, 1.54) is 22.7 Å². The Bertz CT molecular complexity index is 568. The van der Waals surface area contributed by atoms with Crippen LogP contribution >= 0.6 is 11.8 Å². The predicted molar refractivity (Wildman–Crippen MR) is 86.2 cm³/mol. The number of piperidine rings is 1. The fraction of sp³-hybridized carbons (Fsp3) is 0.667. The third-order valence-corrected chi connectivity index (χ3v) is 4.69. The van der Waals surface area contributed by atoms with Crippen LogP contribution in [0.25, 0.3) is 0 Å². The molecule has 0 radical (unpaired) electrons. The van der Waals surface area contributed by atoms with Crippen LogP contribution in [-0.4, -0.2) is 44.3 Å². The van der Waals surface area contributed by atoms with E-state index in [9.17, 15) is 14.7 Å². The van der Waals surface area contributed by atoms with Crippen LogP contribution in [0.4, 0.5) is 0 Å². The third-order valence-electron chi connectivity index (χ3n) is 3.73. The van der Waals surface area contributed by atoms with Gasteiger partial charge < -0.3 is 10.0 Å². The van der Waals surface area contributed by atoms with Crippen LogP contribution in [0.2, 0.25) is 0 Å². The zero-order chi connectivity index (χ0) is 15.9.